The van der Waals surface area contributed by atoms with Crippen molar-refractivity contribution in [2.45, 2.75) is 37.5 Å². The van der Waals surface area contributed by atoms with Crippen LogP contribution in [0.15, 0.2) is 29.2 Å². The molecule has 0 saturated carbocycles. The molecule has 0 aliphatic rings. The molecule has 0 aromatic heterocycles. The summed E-state index contributed by atoms with van der Waals surface area (Å²) in [5, 5.41) is 0. The monoisotopic (exact) mass is 237 g/mol. The van der Waals surface area contributed by atoms with Crippen LogP contribution in [-0.4, -0.2) is 11.7 Å². The summed E-state index contributed by atoms with van der Waals surface area (Å²) >= 11 is 1.68. The summed E-state index contributed by atoms with van der Waals surface area (Å²) in [6, 6.07) is 8.58. The van der Waals surface area contributed by atoms with Crippen molar-refractivity contribution in [1.82, 2.24) is 0 Å². The van der Waals surface area contributed by atoms with Gasteiger partial charge in [0, 0.05) is 17.1 Å². The number of hydrogen-bond donors (Lipinski definition) is 1. The lowest BCUT2D eigenvalue weighted by Gasteiger charge is -2.03. The molecule has 2 N–H and O–H groups in total. The highest BCUT2D eigenvalue weighted by molar-refractivity contribution is 7.99. The zero-order valence-electron chi connectivity index (χ0n) is 9.74. The van der Waals surface area contributed by atoms with E-state index in [1.165, 1.54) is 23.3 Å². The number of nitrogens with two attached hydrogens (primary N) is 1. The van der Waals surface area contributed by atoms with Gasteiger partial charge in [0.1, 0.15) is 0 Å². The zero-order valence-corrected chi connectivity index (χ0v) is 10.6. The van der Waals surface area contributed by atoms with Gasteiger partial charge in [-0.05, 0) is 30.5 Å². The van der Waals surface area contributed by atoms with Gasteiger partial charge in [-0.25, -0.2) is 0 Å². The molecule has 3 heteroatoms. The molecule has 88 valence electrons. The van der Waals surface area contributed by atoms with Gasteiger partial charge in [0.05, 0.1) is 0 Å². The number of hydrogen-bond acceptors (Lipinski definition) is 2. The van der Waals surface area contributed by atoms with Crippen molar-refractivity contribution < 1.29 is 4.79 Å². The number of unbranched alkanes of at least 4 members (excludes halogenated alkanes) is 1. The van der Waals surface area contributed by atoms with Crippen LogP contribution in [0.5, 0.6) is 0 Å². The summed E-state index contributed by atoms with van der Waals surface area (Å²) < 4.78 is 0. The summed E-state index contributed by atoms with van der Waals surface area (Å²) in [7, 11) is 0. The third-order valence-corrected chi connectivity index (χ3v) is 3.37. The van der Waals surface area contributed by atoms with E-state index in [0.717, 1.165) is 12.2 Å². The summed E-state index contributed by atoms with van der Waals surface area (Å²) in [5.41, 5.74) is 6.47. The number of aryl methyl sites for hydroxylation is 1. The molecule has 1 rings (SSSR count). The Hall–Kier alpha value is -0.960. The molecule has 16 heavy (non-hydrogen) atoms. The van der Waals surface area contributed by atoms with Crippen molar-refractivity contribution in [3.8, 4) is 0 Å². The van der Waals surface area contributed by atoms with Crippen molar-refractivity contribution >= 4 is 17.7 Å². The number of amides is 1. The fourth-order valence-electron chi connectivity index (χ4n) is 1.40. The molecular formula is C13H19NOS. The van der Waals surface area contributed by atoms with Gasteiger partial charge in [-0.2, -0.15) is 0 Å². The molecule has 0 radical (unpaired) electrons. The molecule has 1 amide bonds. The van der Waals surface area contributed by atoms with Crippen molar-refractivity contribution in [1.29, 1.82) is 0 Å². The van der Waals surface area contributed by atoms with Gasteiger partial charge < -0.3 is 5.73 Å². The largest absolute Gasteiger partial charge is 0.370 e. The molecule has 1 aromatic rings. The standard InChI is InChI=1S/C13H19NOS/c1-2-3-4-11-5-7-12(8-6-11)16-10-9-13(14)15/h5-8H,2-4,9-10H2,1H3,(H2,14,15). The third kappa shape index (κ3) is 5.21. The predicted octanol–water partition coefficient (Wildman–Crippen LogP) is 3.00. The number of primary amides is 1. The second-order valence-electron chi connectivity index (χ2n) is 3.81. The molecule has 0 aliphatic carbocycles. The maximum absolute atomic E-state index is 10.6. The van der Waals surface area contributed by atoms with Crippen LogP contribution in [0.3, 0.4) is 0 Å². The summed E-state index contributed by atoms with van der Waals surface area (Å²) in [4.78, 5) is 11.8. The SMILES string of the molecule is CCCCc1ccc(SCCC(N)=O)cc1. The summed E-state index contributed by atoms with van der Waals surface area (Å²) in [5.74, 6) is 0.538. The first kappa shape index (κ1) is 13.1. The first-order valence-corrected chi connectivity index (χ1v) is 6.71. The minimum atomic E-state index is -0.230. The highest BCUT2D eigenvalue weighted by atomic mass is 32.2. The van der Waals surface area contributed by atoms with E-state index in [1.807, 2.05) is 0 Å². The second kappa shape index (κ2) is 7.34. The molecule has 1 aromatic carbocycles. The second-order valence-corrected chi connectivity index (χ2v) is 4.98. The van der Waals surface area contributed by atoms with E-state index in [1.54, 1.807) is 11.8 Å². The third-order valence-electron chi connectivity index (χ3n) is 2.36. The predicted molar refractivity (Wildman–Crippen MR) is 69.6 cm³/mol. The van der Waals surface area contributed by atoms with Gasteiger partial charge in [0.2, 0.25) is 5.91 Å². The van der Waals surface area contributed by atoms with Crippen LogP contribution in [0.2, 0.25) is 0 Å². The molecule has 0 heterocycles. The molecule has 2 nitrogen and oxygen atoms in total. The quantitative estimate of drug-likeness (QED) is 0.741. The average Bonchev–Trinajstić information content (AvgIpc) is 2.27. The van der Waals surface area contributed by atoms with E-state index in [0.29, 0.717) is 6.42 Å². The fourth-order valence-corrected chi connectivity index (χ4v) is 2.27. The lowest BCUT2D eigenvalue weighted by molar-refractivity contribution is -0.117. The molecule has 0 unspecified atom stereocenters. The van der Waals surface area contributed by atoms with Crippen LogP contribution in [-0.2, 0) is 11.2 Å². The topological polar surface area (TPSA) is 43.1 Å². The van der Waals surface area contributed by atoms with Crippen LogP contribution in [0.1, 0.15) is 31.7 Å². The van der Waals surface area contributed by atoms with Gasteiger partial charge in [-0.3, -0.25) is 4.79 Å². The van der Waals surface area contributed by atoms with Crippen molar-refractivity contribution in [2.75, 3.05) is 5.75 Å². The number of rotatable bonds is 7. The average molecular weight is 237 g/mol. The minimum Gasteiger partial charge on any atom is -0.370 e. The Kier molecular flexibility index (Phi) is 6.01. The molecule has 0 atom stereocenters. The van der Waals surface area contributed by atoms with Crippen molar-refractivity contribution in [3.05, 3.63) is 29.8 Å². The number of thioether (sulfide) groups is 1. The van der Waals surface area contributed by atoms with E-state index in [9.17, 15) is 4.79 Å². The summed E-state index contributed by atoms with van der Waals surface area (Å²) in [6.45, 7) is 2.20. The lowest BCUT2D eigenvalue weighted by atomic mass is 10.1. The first-order valence-electron chi connectivity index (χ1n) is 5.72. The Bertz CT molecular complexity index is 321. The van der Waals surface area contributed by atoms with E-state index in [-0.39, 0.29) is 5.91 Å². The Morgan fingerprint density at radius 1 is 1.31 bits per heavy atom. The lowest BCUT2D eigenvalue weighted by Crippen LogP contribution is -2.10. The van der Waals surface area contributed by atoms with Crippen LogP contribution >= 0.6 is 11.8 Å². The minimum absolute atomic E-state index is 0.230. The van der Waals surface area contributed by atoms with E-state index < -0.39 is 0 Å². The smallest absolute Gasteiger partial charge is 0.218 e. The highest BCUT2D eigenvalue weighted by Gasteiger charge is 1.98. The van der Waals surface area contributed by atoms with Gasteiger partial charge in [-0.1, -0.05) is 25.5 Å². The Morgan fingerprint density at radius 3 is 2.56 bits per heavy atom. The molecule has 0 spiro atoms. The van der Waals surface area contributed by atoms with E-state index in [2.05, 4.69) is 31.2 Å². The molecule has 0 bridgehead atoms. The van der Waals surface area contributed by atoms with Gasteiger partial charge >= 0.3 is 0 Å². The Balaban J connectivity index is 2.36. The van der Waals surface area contributed by atoms with Gasteiger partial charge in [0.25, 0.3) is 0 Å². The van der Waals surface area contributed by atoms with Crippen molar-refractivity contribution in [3.63, 3.8) is 0 Å². The number of carbonyl (C=O) groups is 1. The van der Waals surface area contributed by atoms with E-state index in [4.69, 9.17) is 5.73 Å². The zero-order chi connectivity index (χ0) is 11.8. The number of benzene rings is 1. The molecule has 0 saturated heterocycles. The van der Waals surface area contributed by atoms with Gasteiger partial charge in [0.15, 0.2) is 0 Å². The summed E-state index contributed by atoms with van der Waals surface area (Å²) in [6.07, 6.45) is 4.08. The molecule has 0 fully saturated rings. The Labute approximate surface area is 102 Å². The fraction of sp³-hybridized carbons (Fsp3) is 0.462. The highest BCUT2D eigenvalue weighted by Crippen LogP contribution is 2.19. The van der Waals surface area contributed by atoms with E-state index >= 15 is 0 Å². The maximum atomic E-state index is 10.6. The molecular weight excluding hydrogens is 218 g/mol. The van der Waals surface area contributed by atoms with Crippen LogP contribution in [0.4, 0.5) is 0 Å². The van der Waals surface area contributed by atoms with Gasteiger partial charge in [-0.15, -0.1) is 11.8 Å². The van der Waals surface area contributed by atoms with Crippen LogP contribution in [0.25, 0.3) is 0 Å². The van der Waals surface area contributed by atoms with Crippen LogP contribution < -0.4 is 5.73 Å². The maximum Gasteiger partial charge on any atom is 0.218 e. The first-order chi connectivity index (χ1) is 7.72. The van der Waals surface area contributed by atoms with Crippen molar-refractivity contribution in [2.24, 2.45) is 5.73 Å². The normalized spacial score (nSPS) is 10.3. The molecule has 0 aliphatic heterocycles. The Morgan fingerprint density at radius 2 is 2.00 bits per heavy atom. The number of carbonyl (C=O) groups excluding carboxylic acids is 1. The van der Waals surface area contributed by atoms with Crippen LogP contribution in [0, 0.1) is 0 Å².